The first kappa shape index (κ1) is 12.9. The molecule has 0 saturated carbocycles. The van der Waals surface area contributed by atoms with Crippen LogP contribution in [0, 0.1) is 16.7 Å². The maximum absolute atomic E-state index is 9.05. The fourth-order valence-electron chi connectivity index (χ4n) is 1.73. The Bertz CT molecular complexity index is 413. The van der Waals surface area contributed by atoms with Gasteiger partial charge in [-0.2, -0.15) is 5.26 Å². The van der Waals surface area contributed by atoms with Gasteiger partial charge in [0, 0.05) is 18.6 Å². The van der Waals surface area contributed by atoms with Crippen LogP contribution in [0.2, 0.25) is 5.02 Å². The van der Waals surface area contributed by atoms with Crippen LogP contribution in [0.4, 0.5) is 5.69 Å². The Morgan fingerprint density at radius 1 is 1.38 bits per heavy atom. The van der Waals surface area contributed by atoms with Crippen molar-refractivity contribution < 1.29 is 0 Å². The molecule has 0 saturated heterocycles. The van der Waals surface area contributed by atoms with Crippen LogP contribution in [0.15, 0.2) is 18.2 Å². The Hall–Kier alpha value is -1.20. The fraction of sp³-hybridized carbons (Fsp3) is 0.462. The molecule has 3 heteroatoms. The number of nitriles is 1. The van der Waals surface area contributed by atoms with Crippen molar-refractivity contribution in [3.05, 3.63) is 28.8 Å². The molecule has 0 heterocycles. The topological polar surface area (TPSA) is 27.0 Å². The first-order valence-electron chi connectivity index (χ1n) is 5.24. The molecule has 16 heavy (non-hydrogen) atoms. The van der Waals surface area contributed by atoms with Gasteiger partial charge in [0.05, 0.1) is 11.3 Å². The molecule has 0 bridgehead atoms. The van der Waals surface area contributed by atoms with Crippen molar-refractivity contribution in [2.24, 2.45) is 5.41 Å². The van der Waals surface area contributed by atoms with Gasteiger partial charge in [-0.05, 0) is 23.6 Å². The van der Waals surface area contributed by atoms with Gasteiger partial charge in [-0.3, -0.25) is 0 Å². The summed E-state index contributed by atoms with van der Waals surface area (Å²) in [6.07, 6.45) is 0. The Balaban J connectivity index is 3.00. The van der Waals surface area contributed by atoms with E-state index in [0.717, 1.165) is 12.2 Å². The van der Waals surface area contributed by atoms with Crippen LogP contribution >= 0.6 is 11.6 Å². The van der Waals surface area contributed by atoms with E-state index < -0.39 is 0 Å². The second-order valence-electron chi connectivity index (χ2n) is 5.19. The van der Waals surface area contributed by atoms with Gasteiger partial charge < -0.3 is 4.90 Å². The highest BCUT2D eigenvalue weighted by molar-refractivity contribution is 6.30. The highest BCUT2D eigenvalue weighted by atomic mass is 35.5. The summed E-state index contributed by atoms with van der Waals surface area (Å²) in [7, 11) is 2.00. The van der Waals surface area contributed by atoms with Crippen LogP contribution in [0.5, 0.6) is 0 Å². The second kappa shape index (κ2) is 4.76. The first-order valence-corrected chi connectivity index (χ1v) is 5.62. The second-order valence-corrected chi connectivity index (χ2v) is 5.63. The maximum atomic E-state index is 9.05. The molecule has 2 nitrogen and oxygen atoms in total. The van der Waals surface area contributed by atoms with E-state index in [1.54, 1.807) is 6.07 Å². The van der Waals surface area contributed by atoms with Crippen LogP contribution in [0.1, 0.15) is 26.3 Å². The van der Waals surface area contributed by atoms with Crippen molar-refractivity contribution in [1.29, 1.82) is 5.26 Å². The predicted molar refractivity (Wildman–Crippen MR) is 68.9 cm³/mol. The molecule has 1 rings (SSSR count). The standard InChI is InChI=1S/C13H17ClN2/c1-13(2,3)9-16(4)12-6-5-11(14)7-10(12)8-15/h5-7H,9H2,1-4H3. The zero-order valence-corrected chi connectivity index (χ0v) is 11.0. The number of anilines is 1. The lowest BCUT2D eigenvalue weighted by atomic mass is 9.96. The molecule has 1 aromatic rings. The van der Waals surface area contributed by atoms with Crippen LogP contribution in [0.25, 0.3) is 0 Å². The van der Waals surface area contributed by atoms with E-state index in [-0.39, 0.29) is 5.41 Å². The molecule has 0 aliphatic rings. The van der Waals surface area contributed by atoms with Crippen molar-refractivity contribution in [1.82, 2.24) is 0 Å². The largest absolute Gasteiger partial charge is 0.373 e. The molecule has 0 spiro atoms. The van der Waals surface area contributed by atoms with Crippen molar-refractivity contribution in [2.45, 2.75) is 20.8 Å². The summed E-state index contributed by atoms with van der Waals surface area (Å²) >= 11 is 5.86. The minimum atomic E-state index is 0.196. The third-order valence-corrected chi connectivity index (χ3v) is 2.44. The minimum Gasteiger partial charge on any atom is -0.373 e. The fourth-order valence-corrected chi connectivity index (χ4v) is 1.90. The number of rotatable bonds is 2. The zero-order chi connectivity index (χ0) is 12.3. The molecule has 0 aromatic heterocycles. The van der Waals surface area contributed by atoms with E-state index in [2.05, 4.69) is 31.7 Å². The lowest BCUT2D eigenvalue weighted by molar-refractivity contribution is 0.419. The van der Waals surface area contributed by atoms with Gasteiger partial charge in [-0.25, -0.2) is 0 Å². The molecule has 0 aliphatic carbocycles. The summed E-state index contributed by atoms with van der Waals surface area (Å²) in [6.45, 7) is 7.41. The van der Waals surface area contributed by atoms with Gasteiger partial charge in [0.25, 0.3) is 0 Å². The average molecular weight is 237 g/mol. The van der Waals surface area contributed by atoms with Crippen molar-refractivity contribution in [2.75, 3.05) is 18.5 Å². The van der Waals surface area contributed by atoms with Gasteiger partial charge >= 0.3 is 0 Å². The summed E-state index contributed by atoms with van der Waals surface area (Å²) in [5, 5.41) is 9.66. The molecule has 0 atom stereocenters. The van der Waals surface area contributed by atoms with Crippen molar-refractivity contribution in [3.8, 4) is 6.07 Å². The molecule has 0 aliphatic heterocycles. The zero-order valence-electron chi connectivity index (χ0n) is 10.2. The van der Waals surface area contributed by atoms with E-state index in [9.17, 15) is 0 Å². The van der Waals surface area contributed by atoms with E-state index in [1.807, 2.05) is 19.2 Å². The molecular formula is C13H17ClN2. The number of hydrogen-bond acceptors (Lipinski definition) is 2. The van der Waals surface area contributed by atoms with Gasteiger partial charge in [-0.15, -0.1) is 0 Å². The van der Waals surface area contributed by atoms with Gasteiger partial charge in [0.1, 0.15) is 6.07 Å². The Labute approximate surface area is 102 Å². The predicted octanol–water partition coefficient (Wildman–Crippen LogP) is 3.69. The molecule has 1 aromatic carbocycles. The van der Waals surface area contributed by atoms with E-state index in [4.69, 9.17) is 16.9 Å². The summed E-state index contributed by atoms with van der Waals surface area (Å²) in [5.41, 5.74) is 1.75. The molecule has 0 unspecified atom stereocenters. The summed E-state index contributed by atoms with van der Waals surface area (Å²) in [5.74, 6) is 0. The Kier molecular flexibility index (Phi) is 3.83. The highest BCUT2D eigenvalue weighted by Crippen LogP contribution is 2.25. The van der Waals surface area contributed by atoms with Crippen LogP contribution in [-0.4, -0.2) is 13.6 Å². The Morgan fingerprint density at radius 3 is 2.50 bits per heavy atom. The molecule has 86 valence electrons. The highest BCUT2D eigenvalue weighted by Gasteiger charge is 2.16. The first-order chi connectivity index (χ1) is 7.33. The van der Waals surface area contributed by atoms with Gasteiger partial charge in [0.2, 0.25) is 0 Å². The summed E-state index contributed by atoms with van der Waals surface area (Å²) in [4.78, 5) is 2.09. The van der Waals surface area contributed by atoms with E-state index in [0.29, 0.717) is 10.6 Å². The lowest BCUT2D eigenvalue weighted by Gasteiger charge is -2.28. The summed E-state index contributed by atoms with van der Waals surface area (Å²) in [6, 6.07) is 7.59. The molecule has 0 amide bonds. The van der Waals surface area contributed by atoms with Gasteiger partial charge in [-0.1, -0.05) is 32.4 Å². The van der Waals surface area contributed by atoms with Crippen LogP contribution < -0.4 is 4.90 Å². The van der Waals surface area contributed by atoms with Gasteiger partial charge in [0.15, 0.2) is 0 Å². The number of hydrogen-bond donors (Lipinski definition) is 0. The smallest absolute Gasteiger partial charge is 0.101 e. The van der Waals surface area contributed by atoms with E-state index in [1.165, 1.54) is 0 Å². The minimum absolute atomic E-state index is 0.196. The molecule has 0 fully saturated rings. The quantitative estimate of drug-likeness (QED) is 0.783. The molecular weight excluding hydrogens is 220 g/mol. The maximum Gasteiger partial charge on any atom is 0.101 e. The lowest BCUT2D eigenvalue weighted by Crippen LogP contribution is -2.29. The normalized spacial score (nSPS) is 11.0. The van der Waals surface area contributed by atoms with Crippen molar-refractivity contribution in [3.63, 3.8) is 0 Å². The average Bonchev–Trinajstić information content (AvgIpc) is 2.14. The van der Waals surface area contributed by atoms with E-state index >= 15 is 0 Å². The number of benzene rings is 1. The monoisotopic (exact) mass is 236 g/mol. The number of nitrogens with zero attached hydrogens (tertiary/aromatic N) is 2. The SMILES string of the molecule is CN(CC(C)(C)C)c1ccc(Cl)cc1C#N. The number of halogens is 1. The Morgan fingerprint density at radius 2 is 2.00 bits per heavy atom. The molecule has 0 radical (unpaired) electrons. The molecule has 0 N–H and O–H groups in total. The summed E-state index contributed by atoms with van der Waals surface area (Å²) < 4.78 is 0. The third-order valence-electron chi connectivity index (χ3n) is 2.20. The van der Waals surface area contributed by atoms with Crippen LogP contribution in [-0.2, 0) is 0 Å². The van der Waals surface area contributed by atoms with Crippen LogP contribution in [0.3, 0.4) is 0 Å². The van der Waals surface area contributed by atoms with Crippen molar-refractivity contribution >= 4 is 17.3 Å². The third kappa shape index (κ3) is 3.43.